The highest BCUT2D eigenvalue weighted by atomic mass is 15.1. The molecule has 2 aromatic rings. The molecular formula is C21H26N4. The van der Waals surface area contributed by atoms with Crippen molar-refractivity contribution in [2.24, 2.45) is 0 Å². The van der Waals surface area contributed by atoms with E-state index >= 15 is 0 Å². The van der Waals surface area contributed by atoms with E-state index in [2.05, 4.69) is 52.5 Å². The first-order chi connectivity index (χ1) is 12.1. The summed E-state index contributed by atoms with van der Waals surface area (Å²) in [5, 5.41) is 13.0. The standard InChI is InChI=1S/C21H26N4/c1-15-6-4-5-7-18(15)14-25-10-8-19(9-11-25)24-21-12-16(2)23-17(3)20(21)13-22/h4-7,12,19H,8-11,14H2,1-3H3,(H,23,24). The second kappa shape index (κ2) is 7.67. The fourth-order valence-electron chi connectivity index (χ4n) is 3.57. The Kier molecular flexibility index (Phi) is 5.35. The monoisotopic (exact) mass is 334 g/mol. The molecule has 0 unspecified atom stereocenters. The van der Waals surface area contributed by atoms with Crippen LogP contribution in [0.2, 0.25) is 0 Å². The van der Waals surface area contributed by atoms with Gasteiger partial charge in [0.25, 0.3) is 0 Å². The summed E-state index contributed by atoms with van der Waals surface area (Å²) >= 11 is 0. The number of rotatable bonds is 4. The highest BCUT2D eigenvalue weighted by Crippen LogP contribution is 2.23. The number of benzene rings is 1. The summed E-state index contributed by atoms with van der Waals surface area (Å²) in [7, 11) is 0. The van der Waals surface area contributed by atoms with Gasteiger partial charge in [0.05, 0.1) is 16.9 Å². The molecule has 1 N–H and O–H groups in total. The number of aromatic nitrogens is 1. The van der Waals surface area contributed by atoms with Gasteiger partial charge in [-0.05, 0) is 50.8 Å². The van der Waals surface area contributed by atoms with Gasteiger partial charge in [0.2, 0.25) is 0 Å². The lowest BCUT2D eigenvalue weighted by molar-refractivity contribution is 0.211. The number of likely N-dealkylation sites (tertiary alicyclic amines) is 1. The summed E-state index contributed by atoms with van der Waals surface area (Å²) in [6.07, 6.45) is 2.19. The Morgan fingerprint density at radius 3 is 2.60 bits per heavy atom. The number of anilines is 1. The molecule has 130 valence electrons. The van der Waals surface area contributed by atoms with Crippen LogP contribution in [-0.4, -0.2) is 29.0 Å². The topological polar surface area (TPSA) is 52.0 Å². The molecule has 1 aliphatic rings. The van der Waals surface area contributed by atoms with Crippen molar-refractivity contribution in [1.82, 2.24) is 9.88 Å². The van der Waals surface area contributed by atoms with Crippen molar-refractivity contribution >= 4 is 5.69 Å². The van der Waals surface area contributed by atoms with Crippen LogP contribution in [0.1, 0.15) is 40.9 Å². The van der Waals surface area contributed by atoms with Crippen LogP contribution < -0.4 is 5.32 Å². The smallest absolute Gasteiger partial charge is 0.103 e. The van der Waals surface area contributed by atoms with E-state index in [1.54, 1.807) is 0 Å². The SMILES string of the molecule is Cc1cc(NC2CCN(Cc3ccccc3C)CC2)c(C#N)c(C)n1. The molecule has 2 heterocycles. The highest BCUT2D eigenvalue weighted by Gasteiger charge is 2.21. The Hall–Kier alpha value is -2.38. The van der Waals surface area contributed by atoms with Gasteiger partial charge in [0.15, 0.2) is 0 Å². The largest absolute Gasteiger partial charge is 0.381 e. The fraction of sp³-hybridized carbons (Fsp3) is 0.429. The van der Waals surface area contributed by atoms with Crippen molar-refractivity contribution in [3.8, 4) is 6.07 Å². The van der Waals surface area contributed by atoms with Crippen molar-refractivity contribution < 1.29 is 0 Å². The van der Waals surface area contributed by atoms with E-state index in [-0.39, 0.29) is 0 Å². The molecule has 1 aromatic heterocycles. The van der Waals surface area contributed by atoms with Crippen LogP contribution >= 0.6 is 0 Å². The van der Waals surface area contributed by atoms with E-state index in [1.807, 2.05) is 19.9 Å². The average molecular weight is 334 g/mol. The molecule has 0 atom stereocenters. The predicted molar refractivity (Wildman–Crippen MR) is 102 cm³/mol. The number of nitrogens with zero attached hydrogens (tertiary/aromatic N) is 3. The molecule has 1 saturated heterocycles. The van der Waals surface area contributed by atoms with Crippen molar-refractivity contribution in [2.45, 2.75) is 46.2 Å². The van der Waals surface area contributed by atoms with Crippen LogP contribution in [-0.2, 0) is 6.54 Å². The van der Waals surface area contributed by atoms with Gasteiger partial charge in [-0.15, -0.1) is 0 Å². The maximum absolute atomic E-state index is 9.41. The summed E-state index contributed by atoms with van der Waals surface area (Å²) in [6, 6.07) is 13.3. The number of hydrogen-bond acceptors (Lipinski definition) is 4. The van der Waals surface area contributed by atoms with E-state index in [1.165, 1.54) is 11.1 Å². The summed E-state index contributed by atoms with van der Waals surface area (Å²) in [4.78, 5) is 6.92. The first kappa shape index (κ1) is 17.4. The molecule has 0 bridgehead atoms. The van der Waals surface area contributed by atoms with Crippen LogP contribution in [0.15, 0.2) is 30.3 Å². The Bertz CT molecular complexity index is 783. The van der Waals surface area contributed by atoms with Crippen LogP contribution in [0.5, 0.6) is 0 Å². The number of hydrogen-bond donors (Lipinski definition) is 1. The summed E-state index contributed by atoms with van der Waals surface area (Å²) in [5.74, 6) is 0. The minimum Gasteiger partial charge on any atom is -0.381 e. The minimum absolute atomic E-state index is 0.418. The molecule has 0 amide bonds. The van der Waals surface area contributed by atoms with Gasteiger partial charge < -0.3 is 5.32 Å². The van der Waals surface area contributed by atoms with Gasteiger partial charge in [-0.2, -0.15) is 5.26 Å². The van der Waals surface area contributed by atoms with Crippen LogP contribution in [0.3, 0.4) is 0 Å². The molecule has 4 heteroatoms. The third-order valence-electron chi connectivity index (χ3n) is 5.04. The molecule has 1 aromatic carbocycles. The number of aryl methyl sites for hydroxylation is 3. The lowest BCUT2D eigenvalue weighted by atomic mass is 10.0. The molecule has 1 aliphatic heterocycles. The summed E-state index contributed by atoms with van der Waals surface area (Å²) in [6.45, 7) is 9.25. The number of nitriles is 1. The average Bonchev–Trinajstić information content (AvgIpc) is 2.58. The number of pyridine rings is 1. The van der Waals surface area contributed by atoms with Crippen LogP contribution in [0, 0.1) is 32.1 Å². The van der Waals surface area contributed by atoms with Crippen LogP contribution in [0.4, 0.5) is 5.69 Å². The Morgan fingerprint density at radius 1 is 1.20 bits per heavy atom. The van der Waals surface area contributed by atoms with Gasteiger partial charge in [-0.25, -0.2) is 0 Å². The summed E-state index contributed by atoms with van der Waals surface area (Å²) < 4.78 is 0. The molecule has 0 saturated carbocycles. The normalized spacial score (nSPS) is 15.8. The van der Waals surface area contributed by atoms with E-state index < -0.39 is 0 Å². The number of piperidine rings is 1. The molecule has 0 aliphatic carbocycles. The van der Waals surface area contributed by atoms with E-state index in [0.717, 1.165) is 49.6 Å². The first-order valence-corrected chi connectivity index (χ1v) is 8.98. The summed E-state index contributed by atoms with van der Waals surface area (Å²) in [5.41, 5.74) is 6.15. The van der Waals surface area contributed by atoms with Crippen molar-refractivity contribution in [1.29, 1.82) is 5.26 Å². The van der Waals surface area contributed by atoms with Crippen molar-refractivity contribution in [3.05, 3.63) is 58.4 Å². The molecule has 3 rings (SSSR count). The van der Waals surface area contributed by atoms with Crippen molar-refractivity contribution in [2.75, 3.05) is 18.4 Å². The highest BCUT2D eigenvalue weighted by molar-refractivity contribution is 5.60. The Balaban J connectivity index is 1.60. The Morgan fingerprint density at radius 2 is 1.92 bits per heavy atom. The molecular weight excluding hydrogens is 308 g/mol. The lowest BCUT2D eigenvalue weighted by Crippen LogP contribution is -2.39. The fourth-order valence-corrected chi connectivity index (χ4v) is 3.57. The second-order valence-electron chi connectivity index (χ2n) is 7.00. The number of nitrogens with one attached hydrogen (secondary N) is 1. The van der Waals surface area contributed by atoms with Gasteiger partial charge >= 0.3 is 0 Å². The quantitative estimate of drug-likeness (QED) is 0.919. The minimum atomic E-state index is 0.418. The molecule has 0 radical (unpaired) electrons. The van der Waals surface area contributed by atoms with E-state index in [9.17, 15) is 5.26 Å². The van der Waals surface area contributed by atoms with Crippen molar-refractivity contribution in [3.63, 3.8) is 0 Å². The zero-order chi connectivity index (χ0) is 17.8. The molecule has 4 nitrogen and oxygen atoms in total. The van der Waals surface area contributed by atoms with Gasteiger partial charge in [-0.3, -0.25) is 9.88 Å². The van der Waals surface area contributed by atoms with Gasteiger partial charge in [0.1, 0.15) is 6.07 Å². The Labute approximate surface area is 150 Å². The third-order valence-corrected chi connectivity index (χ3v) is 5.04. The maximum Gasteiger partial charge on any atom is 0.103 e. The third kappa shape index (κ3) is 4.18. The second-order valence-corrected chi connectivity index (χ2v) is 7.00. The zero-order valence-electron chi connectivity index (χ0n) is 15.3. The predicted octanol–water partition coefficient (Wildman–Crippen LogP) is 3.96. The van der Waals surface area contributed by atoms with E-state index in [4.69, 9.17) is 0 Å². The lowest BCUT2D eigenvalue weighted by Gasteiger charge is -2.33. The molecule has 25 heavy (non-hydrogen) atoms. The molecule has 1 fully saturated rings. The van der Waals surface area contributed by atoms with E-state index in [0.29, 0.717) is 11.6 Å². The maximum atomic E-state index is 9.41. The molecule has 0 spiro atoms. The van der Waals surface area contributed by atoms with Gasteiger partial charge in [0, 0.05) is 31.4 Å². The first-order valence-electron chi connectivity index (χ1n) is 8.98. The zero-order valence-corrected chi connectivity index (χ0v) is 15.3. The van der Waals surface area contributed by atoms with Gasteiger partial charge in [-0.1, -0.05) is 24.3 Å². The van der Waals surface area contributed by atoms with Crippen LogP contribution in [0.25, 0.3) is 0 Å².